The lowest BCUT2D eigenvalue weighted by Gasteiger charge is -2.21. The highest BCUT2D eigenvalue weighted by Crippen LogP contribution is 2.42. The highest BCUT2D eigenvalue weighted by atomic mass is 32.2. The Balaban J connectivity index is 1.64. The molecule has 212 valence electrons. The molecule has 4 aromatic carbocycles. The summed E-state index contributed by atoms with van der Waals surface area (Å²) >= 11 is 0. The van der Waals surface area contributed by atoms with E-state index < -0.39 is 10.0 Å². The summed E-state index contributed by atoms with van der Waals surface area (Å²) in [6.45, 7) is 1.97. The molecule has 0 saturated carbocycles. The van der Waals surface area contributed by atoms with Crippen LogP contribution in [0.2, 0.25) is 0 Å². The molecule has 0 aliphatic rings. The number of hydrogen-bond acceptors (Lipinski definition) is 5. The molecule has 8 nitrogen and oxygen atoms in total. The largest absolute Gasteiger partial charge is 0.455 e. The minimum Gasteiger partial charge on any atom is -0.455 e. The maximum Gasteiger partial charge on any atom is 0.255 e. The van der Waals surface area contributed by atoms with Crippen LogP contribution in [0.25, 0.3) is 50.1 Å². The van der Waals surface area contributed by atoms with Crippen LogP contribution in [0.15, 0.2) is 89.6 Å². The SMILES string of the molecule is CNC(=O)c1c(-c2ccc(C)cc2)oc2cc(N(C)S(C)(=O)=O)c(-c3ccc4ncn(-c5cccc(F)c5)c4c3)cc12. The molecule has 0 spiro atoms. The van der Waals surface area contributed by atoms with E-state index in [4.69, 9.17) is 4.42 Å². The number of fused-ring (bicyclic) bond motifs is 2. The van der Waals surface area contributed by atoms with E-state index in [1.54, 1.807) is 42.2 Å². The number of furan rings is 1. The van der Waals surface area contributed by atoms with Gasteiger partial charge in [-0.25, -0.2) is 17.8 Å². The molecule has 6 aromatic rings. The first-order valence-corrected chi connectivity index (χ1v) is 15.0. The van der Waals surface area contributed by atoms with E-state index >= 15 is 0 Å². The Bertz CT molecular complexity index is 2110. The van der Waals surface area contributed by atoms with Gasteiger partial charge in [0, 0.05) is 36.7 Å². The third-order valence-corrected chi connectivity index (χ3v) is 8.55. The first kappa shape index (κ1) is 27.2. The quantitative estimate of drug-likeness (QED) is 0.248. The molecule has 2 heterocycles. The minimum absolute atomic E-state index is 0.334. The van der Waals surface area contributed by atoms with Crippen LogP contribution >= 0.6 is 0 Å². The van der Waals surface area contributed by atoms with Crippen LogP contribution in [0.3, 0.4) is 0 Å². The maximum absolute atomic E-state index is 14.0. The molecule has 42 heavy (non-hydrogen) atoms. The van der Waals surface area contributed by atoms with Gasteiger partial charge in [0.2, 0.25) is 10.0 Å². The second-order valence-electron chi connectivity index (χ2n) is 10.1. The van der Waals surface area contributed by atoms with Crippen molar-refractivity contribution < 1.29 is 22.0 Å². The normalized spacial score (nSPS) is 11.7. The number of aryl methyl sites for hydroxylation is 1. The van der Waals surface area contributed by atoms with Crippen molar-refractivity contribution in [1.82, 2.24) is 14.9 Å². The molecule has 0 saturated heterocycles. The molecule has 0 unspecified atom stereocenters. The third kappa shape index (κ3) is 4.69. The molecule has 0 bridgehead atoms. The van der Waals surface area contributed by atoms with Crippen LogP contribution in [-0.2, 0) is 10.0 Å². The van der Waals surface area contributed by atoms with Crippen LogP contribution < -0.4 is 9.62 Å². The van der Waals surface area contributed by atoms with Crippen LogP contribution in [0.4, 0.5) is 10.1 Å². The number of benzene rings is 4. The molecular formula is C32H27FN4O4S. The van der Waals surface area contributed by atoms with E-state index in [1.807, 2.05) is 49.4 Å². The lowest BCUT2D eigenvalue weighted by atomic mass is 9.98. The Morgan fingerprint density at radius 2 is 1.74 bits per heavy atom. The molecule has 0 aliphatic heterocycles. The van der Waals surface area contributed by atoms with Gasteiger partial charge in [0.05, 0.1) is 34.2 Å². The minimum atomic E-state index is -3.67. The van der Waals surface area contributed by atoms with Crippen molar-refractivity contribution in [2.45, 2.75) is 6.92 Å². The molecule has 2 aromatic heterocycles. The van der Waals surface area contributed by atoms with Gasteiger partial charge in [-0.15, -0.1) is 0 Å². The molecule has 0 atom stereocenters. The summed E-state index contributed by atoms with van der Waals surface area (Å²) in [5.41, 5.74) is 6.07. The van der Waals surface area contributed by atoms with Crippen molar-refractivity contribution in [3.05, 3.63) is 102 Å². The summed E-state index contributed by atoms with van der Waals surface area (Å²) in [7, 11) is -0.650. The van der Waals surface area contributed by atoms with Gasteiger partial charge in [-0.05, 0) is 48.9 Å². The van der Waals surface area contributed by atoms with Crippen molar-refractivity contribution in [1.29, 1.82) is 0 Å². The van der Waals surface area contributed by atoms with E-state index in [-0.39, 0.29) is 11.7 Å². The third-order valence-electron chi connectivity index (χ3n) is 7.36. The molecular weight excluding hydrogens is 555 g/mol. The molecule has 1 N–H and O–H groups in total. The van der Waals surface area contributed by atoms with Gasteiger partial charge < -0.3 is 9.73 Å². The summed E-state index contributed by atoms with van der Waals surface area (Å²) in [4.78, 5) is 17.7. The van der Waals surface area contributed by atoms with E-state index in [1.165, 1.54) is 23.5 Å². The predicted octanol–water partition coefficient (Wildman–Crippen LogP) is 6.31. The average molecular weight is 583 g/mol. The Labute approximate surface area is 242 Å². The summed E-state index contributed by atoms with van der Waals surface area (Å²) in [6.07, 6.45) is 2.74. The molecule has 0 aliphatic carbocycles. The molecule has 1 amide bonds. The first-order valence-electron chi connectivity index (χ1n) is 13.1. The van der Waals surface area contributed by atoms with Gasteiger partial charge in [-0.1, -0.05) is 42.0 Å². The number of amides is 1. The number of hydrogen-bond donors (Lipinski definition) is 1. The fourth-order valence-electron chi connectivity index (χ4n) is 5.07. The highest BCUT2D eigenvalue weighted by Gasteiger charge is 2.26. The second kappa shape index (κ2) is 10.1. The Kier molecular flexibility index (Phi) is 6.58. The molecule has 0 fully saturated rings. The topological polar surface area (TPSA) is 97.4 Å². The van der Waals surface area contributed by atoms with Gasteiger partial charge in [0.25, 0.3) is 5.91 Å². The maximum atomic E-state index is 14.0. The zero-order valence-corrected chi connectivity index (χ0v) is 24.2. The summed E-state index contributed by atoms with van der Waals surface area (Å²) in [6, 6.07) is 22.8. The van der Waals surface area contributed by atoms with E-state index in [0.29, 0.717) is 55.8 Å². The van der Waals surface area contributed by atoms with Gasteiger partial charge >= 0.3 is 0 Å². The van der Waals surface area contributed by atoms with Crippen molar-refractivity contribution in [3.63, 3.8) is 0 Å². The number of nitrogens with one attached hydrogen (secondary N) is 1. The lowest BCUT2D eigenvalue weighted by Crippen LogP contribution is -2.25. The fourth-order valence-corrected chi connectivity index (χ4v) is 5.58. The number of imidazole rings is 1. The van der Waals surface area contributed by atoms with Crippen LogP contribution in [0.1, 0.15) is 15.9 Å². The Morgan fingerprint density at radius 1 is 1.00 bits per heavy atom. The number of carbonyl (C=O) groups is 1. The monoisotopic (exact) mass is 582 g/mol. The van der Waals surface area contributed by atoms with E-state index in [0.717, 1.165) is 17.4 Å². The van der Waals surface area contributed by atoms with Crippen molar-refractivity contribution in [2.75, 3.05) is 24.7 Å². The lowest BCUT2D eigenvalue weighted by molar-refractivity contribution is 0.0964. The van der Waals surface area contributed by atoms with E-state index in [9.17, 15) is 17.6 Å². The Hall–Kier alpha value is -4.96. The zero-order valence-electron chi connectivity index (χ0n) is 23.3. The number of rotatable bonds is 6. The number of carbonyl (C=O) groups excluding carboxylic acids is 1. The number of halogens is 1. The average Bonchev–Trinajstić information content (AvgIpc) is 3.56. The zero-order chi connectivity index (χ0) is 29.8. The standard InChI is InChI=1S/C32H27FN4O4S/c1-19-8-10-20(11-9-19)31-30(32(38)34-2)25-16-24(27(17-29(25)41-31)36(3)42(4,39)40)21-12-13-26-28(14-21)37(18-35-26)23-7-5-6-22(33)15-23/h5-18H,1-4H3,(H,34,38). The first-order chi connectivity index (χ1) is 20.0. The number of anilines is 1. The van der Waals surface area contributed by atoms with Gasteiger partial charge in [0.15, 0.2) is 0 Å². The van der Waals surface area contributed by atoms with Gasteiger partial charge in [0.1, 0.15) is 23.5 Å². The molecule has 10 heteroatoms. The molecule has 0 radical (unpaired) electrons. The van der Waals surface area contributed by atoms with Crippen molar-refractivity contribution in [3.8, 4) is 28.1 Å². The highest BCUT2D eigenvalue weighted by molar-refractivity contribution is 7.92. The number of nitrogens with zero attached hydrogens (tertiary/aromatic N) is 3. The Morgan fingerprint density at radius 3 is 2.43 bits per heavy atom. The summed E-state index contributed by atoms with van der Waals surface area (Å²) in [5.74, 6) is -0.327. The van der Waals surface area contributed by atoms with Crippen LogP contribution in [-0.4, -0.2) is 44.2 Å². The van der Waals surface area contributed by atoms with Gasteiger partial charge in [-0.2, -0.15) is 0 Å². The summed E-state index contributed by atoms with van der Waals surface area (Å²) in [5, 5.41) is 3.24. The fraction of sp³-hybridized carbons (Fsp3) is 0.125. The van der Waals surface area contributed by atoms with Crippen LogP contribution in [0.5, 0.6) is 0 Å². The number of sulfonamides is 1. The predicted molar refractivity (Wildman–Crippen MR) is 163 cm³/mol. The van der Waals surface area contributed by atoms with Crippen LogP contribution in [0, 0.1) is 12.7 Å². The van der Waals surface area contributed by atoms with Crippen molar-refractivity contribution in [2.24, 2.45) is 0 Å². The smallest absolute Gasteiger partial charge is 0.255 e. The number of aromatic nitrogens is 2. The second-order valence-corrected chi connectivity index (χ2v) is 12.2. The van der Waals surface area contributed by atoms with E-state index in [2.05, 4.69) is 10.3 Å². The molecule has 6 rings (SSSR count). The summed E-state index contributed by atoms with van der Waals surface area (Å²) < 4.78 is 48.8. The van der Waals surface area contributed by atoms with Crippen molar-refractivity contribution >= 4 is 43.6 Å². The van der Waals surface area contributed by atoms with Gasteiger partial charge in [-0.3, -0.25) is 13.7 Å².